The summed E-state index contributed by atoms with van der Waals surface area (Å²) in [6.45, 7) is 0. The molecule has 0 saturated heterocycles. The Balaban J connectivity index is 0.667. The van der Waals surface area contributed by atoms with Crippen LogP contribution in [0.2, 0.25) is 0 Å². The van der Waals surface area contributed by atoms with E-state index in [9.17, 15) is 0 Å². The Morgan fingerprint density at radius 2 is 0.569 bits per heavy atom. The van der Waals surface area contributed by atoms with Gasteiger partial charge in [-0.15, -0.1) is 0 Å². The van der Waals surface area contributed by atoms with Crippen molar-refractivity contribution in [2.75, 3.05) is 0 Å². The fourth-order valence-corrected chi connectivity index (χ4v) is 16.6. The lowest BCUT2D eigenvalue weighted by Gasteiger charge is -2.23. The Kier molecular flexibility index (Phi) is 12.2. The van der Waals surface area contributed by atoms with Gasteiger partial charge in [-0.25, -0.2) is 4.99 Å². The van der Waals surface area contributed by atoms with E-state index in [0.717, 1.165) is 172 Å². The first-order valence-electron chi connectivity index (χ1n) is 34.8. The molecule has 21 aromatic rings. The normalized spacial score (nSPS) is 13.7. The van der Waals surface area contributed by atoms with Crippen LogP contribution in [0.25, 0.3) is 182 Å². The van der Waals surface area contributed by atoms with E-state index in [1.807, 2.05) is 36.4 Å². The second-order valence-electron chi connectivity index (χ2n) is 27.1. The zero-order chi connectivity index (χ0) is 66.7. The van der Waals surface area contributed by atoms with Crippen molar-refractivity contribution in [1.82, 2.24) is 13.7 Å². The van der Waals surface area contributed by atoms with Gasteiger partial charge in [-0.3, -0.25) is 4.99 Å². The highest BCUT2D eigenvalue weighted by Gasteiger charge is 2.26. The van der Waals surface area contributed by atoms with Crippen molar-refractivity contribution >= 4 is 143 Å². The molecule has 8 nitrogen and oxygen atoms in total. The maximum Gasteiger partial charge on any atom is 0.155 e. The van der Waals surface area contributed by atoms with Crippen LogP contribution in [0, 0.1) is 0 Å². The van der Waals surface area contributed by atoms with Gasteiger partial charge < -0.3 is 27.0 Å². The highest BCUT2D eigenvalue weighted by molar-refractivity contribution is 6.17. The number of benzene rings is 15. The summed E-state index contributed by atoms with van der Waals surface area (Å²) in [6, 6.07) is 118. The standard InChI is InChI=1S/C94H57N5O3/c1-7-28-82-68(22-1)77-49-56(59-34-40-74-71-25-4-10-31-88(71)100-91(74)52-59)37-43-85(77)97(82)65-19-13-16-62(46-65)80-55-81(63-17-14-20-66(47-63)98-83-29-8-2-23-69(83)78-50-57(38-44-86(78)98)60-35-41-75-72-26-5-11-32-89(72)101-92(75)53-60)96-94(95-80)64-18-15-21-67(48-64)99-84-30-9-3-24-70(84)79-51-58(39-45-87(79)99)61-36-42-76-73-27-6-12-33-90(73)102-93(76)54-61/h1-54,80H,55H2. The quantitative estimate of drug-likeness (QED) is 0.144. The number of furan rings is 3. The Hall–Kier alpha value is -13.6. The van der Waals surface area contributed by atoms with Gasteiger partial charge in [-0.2, -0.15) is 0 Å². The number of aliphatic imine (C=N–C) groups is 2. The van der Waals surface area contributed by atoms with Crippen LogP contribution in [0.3, 0.4) is 0 Å². The van der Waals surface area contributed by atoms with E-state index in [1.54, 1.807) is 0 Å². The summed E-state index contributed by atoms with van der Waals surface area (Å²) in [6.07, 6.45) is 0.576. The van der Waals surface area contributed by atoms with E-state index >= 15 is 0 Å². The number of hydrogen-bond acceptors (Lipinski definition) is 5. The average molecular weight is 1300 g/mol. The molecule has 0 spiro atoms. The molecule has 0 N–H and O–H groups in total. The first-order chi connectivity index (χ1) is 50.5. The van der Waals surface area contributed by atoms with Gasteiger partial charge in [0.2, 0.25) is 0 Å². The Morgan fingerprint density at radius 3 is 1.01 bits per heavy atom. The first-order valence-corrected chi connectivity index (χ1v) is 34.8. The van der Waals surface area contributed by atoms with Crippen molar-refractivity contribution in [2.24, 2.45) is 9.98 Å². The molecule has 0 bridgehead atoms. The predicted octanol–water partition coefficient (Wildman–Crippen LogP) is 25.1. The van der Waals surface area contributed by atoms with Crippen molar-refractivity contribution in [1.29, 1.82) is 0 Å². The van der Waals surface area contributed by atoms with Gasteiger partial charge in [0.25, 0.3) is 0 Å². The number of rotatable bonds is 9. The molecule has 6 aromatic heterocycles. The Labute approximate surface area is 583 Å². The summed E-state index contributed by atoms with van der Waals surface area (Å²) in [5.74, 6) is 0.679. The van der Waals surface area contributed by atoms with Crippen molar-refractivity contribution < 1.29 is 13.3 Å². The Bertz CT molecular complexity index is 7200. The molecule has 102 heavy (non-hydrogen) atoms. The first kappa shape index (κ1) is 56.5. The molecule has 0 amide bonds. The van der Waals surface area contributed by atoms with E-state index in [2.05, 4.69) is 305 Å². The van der Waals surface area contributed by atoms with Crippen LogP contribution in [0.15, 0.2) is 351 Å². The second kappa shape index (κ2) is 22.0. The third kappa shape index (κ3) is 8.76. The van der Waals surface area contributed by atoms with E-state index in [0.29, 0.717) is 12.3 Å². The molecule has 1 aliphatic rings. The van der Waals surface area contributed by atoms with E-state index in [-0.39, 0.29) is 6.04 Å². The minimum absolute atomic E-state index is 0.288. The summed E-state index contributed by atoms with van der Waals surface area (Å²) >= 11 is 0. The minimum atomic E-state index is -0.288. The number of amidine groups is 1. The summed E-state index contributed by atoms with van der Waals surface area (Å²) in [4.78, 5) is 11.4. The average Bonchev–Trinajstić information content (AvgIpc) is 1.65. The summed E-state index contributed by atoms with van der Waals surface area (Å²) < 4.78 is 26.4. The molecule has 1 aliphatic heterocycles. The van der Waals surface area contributed by atoms with E-state index < -0.39 is 0 Å². The van der Waals surface area contributed by atoms with Crippen LogP contribution in [0.4, 0.5) is 0 Å². The summed E-state index contributed by atoms with van der Waals surface area (Å²) in [5, 5.41) is 13.8. The van der Waals surface area contributed by atoms with Gasteiger partial charge in [0.1, 0.15) is 33.5 Å². The lowest BCUT2D eigenvalue weighted by atomic mass is 9.95. The van der Waals surface area contributed by atoms with Gasteiger partial charge in [0, 0.05) is 93.7 Å². The summed E-state index contributed by atoms with van der Waals surface area (Å²) in [5.41, 5.74) is 26.0. The van der Waals surface area contributed by atoms with Gasteiger partial charge in [-0.1, -0.05) is 182 Å². The Morgan fingerprint density at radius 1 is 0.235 bits per heavy atom. The number of aromatic nitrogens is 3. The predicted molar refractivity (Wildman–Crippen MR) is 421 cm³/mol. The van der Waals surface area contributed by atoms with Crippen molar-refractivity contribution in [3.8, 4) is 50.4 Å². The van der Waals surface area contributed by atoms with Crippen LogP contribution in [-0.2, 0) is 0 Å². The minimum Gasteiger partial charge on any atom is -0.456 e. The maximum absolute atomic E-state index is 6.39. The second-order valence-corrected chi connectivity index (χ2v) is 27.1. The molecule has 0 aliphatic carbocycles. The van der Waals surface area contributed by atoms with Crippen LogP contribution in [0.5, 0.6) is 0 Å². The van der Waals surface area contributed by atoms with Gasteiger partial charge >= 0.3 is 0 Å². The molecule has 1 atom stereocenters. The molecule has 0 saturated carbocycles. The van der Waals surface area contributed by atoms with Crippen LogP contribution in [0.1, 0.15) is 29.2 Å². The molecule has 476 valence electrons. The third-order valence-electron chi connectivity index (χ3n) is 21.4. The monoisotopic (exact) mass is 1300 g/mol. The summed E-state index contributed by atoms with van der Waals surface area (Å²) in [7, 11) is 0. The van der Waals surface area contributed by atoms with Gasteiger partial charge in [0.05, 0.1) is 44.9 Å². The highest BCUT2D eigenvalue weighted by Crippen LogP contribution is 2.43. The molecule has 22 rings (SSSR count). The van der Waals surface area contributed by atoms with Crippen LogP contribution in [-0.4, -0.2) is 25.2 Å². The molecular weight excluding hydrogens is 1250 g/mol. The number of hydrogen-bond donors (Lipinski definition) is 0. The van der Waals surface area contributed by atoms with Gasteiger partial charge in [0.15, 0.2) is 5.84 Å². The third-order valence-corrected chi connectivity index (χ3v) is 21.4. The molecule has 7 heterocycles. The highest BCUT2D eigenvalue weighted by atomic mass is 16.3. The molecule has 0 radical (unpaired) electrons. The molecular formula is C94H57N5O3. The number of para-hydroxylation sites is 6. The number of fused-ring (bicyclic) bond motifs is 18. The topological polar surface area (TPSA) is 78.9 Å². The van der Waals surface area contributed by atoms with Crippen molar-refractivity contribution in [3.05, 3.63) is 344 Å². The molecule has 8 heteroatoms. The fourth-order valence-electron chi connectivity index (χ4n) is 16.6. The molecule has 0 fully saturated rings. The maximum atomic E-state index is 6.39. The fraction of sp³-hybridized carbons (Fsp3) is 0.0213. The van der Waals surface area contributed by atoms with Crippen LogP contribution >= 0.6 is 0 Å². The lowest BCUT2D eigenvalue weighted by molar-refractivity contribution is 0.668. The van der Waals surface area contributed by atoms with Crippen molar-refractivity contribution in [3.63, 3.8) is 0 Å². The lowest BCUT2D eigenvalue weighted by Crippen LogP contribution is -2.18. The zero-order valence-electron chi connectivity index (χ0n) is 54.9. The molecule has 15 aromatic carbocycles. The SMILES string of the molecule is c1cc(C2=NC(c3cccc(-n4c5ccccc5c5cc(-c6ccc7c(c6)oc6ccccc67)ccc54)c3)=NC(c3cccc(-n4c5ccccc5c5cc(-c6ccc7c(c6)oc6ccccc67)ccc54)c3)C2)cc(-n2c3ccccc3c3cc(-c4ccc5c(c4)oc4ccccc45)ccc32)c1. The molecule has 1 unspecified atom stereocenters. The van der Waals surface area contributed by atoms with Crippen molar-refractivity contribution in [2.45, 2.75) is 12.5 Å². The number of nitrogens with zero attached hydrogens (tertiary/aromatic N) is 5. The van der Waals surface area contributed by atoms with Crippen LogP contribution < -0.4 is 0 Å². The largest absolute Gasteiger partial charge is 0.456 e. The van der Waals surface area contributed by atoms with E-state index in [4.69, 9.17) is 23.2 Å². The van der Waals surface area contributed by atoms with E-state index in [1.165, 1.54) is 32.3 Å². The van der Waals surface area contributed by atoms with Gasteiger partial charge in [-0.05, 0) is 190 Å². The zero-order valence-corrected chi connectivity index (χ0v) is 54.9. The smallest absolute Gasteiger partial charge is 0.155 e.